The lowest BCUT2D eigenvalue weighted by molar-refractivity contribution is 0.102. The van der Waals surface area contributed by atoms with Crippen LogP contribution in [0.3, 0.4) is 0 Å². The number of rotatable bonds is 9. The van der Waals surface area contributed by atoms with Gasteiger partial charge in [0.05, 0.1) is 12.7 Å². The molecular weight excluding hydrogens is 378 g/mol. The van der Waals surface area contributed by atoms with Crippen molar-refractivity contribution in [3.8, 4) is 0 Å². The number of hydrogen-bond donors (Lipinski definition) is 1. The van der Waals surface area contributed by atoms with Crippen molar-refractivity contribution < 1.29 is 4.74 Å². The van der Waals surface area contributed by atoms with E-state index in [4.69, 9.17) is 16.3 Å². The molecule has 1 aromatic carbocycles. The molecule has 0 amide bonds. The Morgan fingerprint density at radius 3 is 2.76 bits per heavy atom. The Kier molecular flexibility index (Phi) is 7.07. The van der Waals surface area contributed by atoms with E-state index in [1.54, 1.807) is 0 Å². The normalized spacial score (nSPS) is 22.3. The Morgan fingerprint density at radius 1 is 1.17 bits per heavy atom. The van der Waals surface area contributed by atoms with Gasteiger partial charge in [0.25, 0.3) is 0 Å². The van der Waals surface area contributed by atoms with Crippen molar-refractivity contribution in [1.82, 2.24) is 5.32 Å². The molecule has 2 nitrogen and oxygen atoms in total. The molecule has 1 aromatic rings. The lowest BCUT2D eigenvalue weighted by atomic mass is 9.89. The number of hydrogen-bond acceptors (Lipinski definition) is 2. The van der Waals surface area contributed by atoms with E-state index in [0.29, 0.717) is 6.61 Å². The summed E-state index contributed by atoms with van der Waals surface area (Å²) in [4.78, 5) is 0. The van der Waals surface area contributed by atoms with Crippen molar-refractivity contribution >= 4 is 17.2 Å². The van der Waals surface area contributed by atoms with Gasteiger partial charge in [0.1, 0.15) is 0 Å². The van der Waals surface area contributed by atoms with Crippen molar-refractivity contribution in [2.75, 3.05) is 19.7 Å². The third kappa shape index (κ3) is 5.72. The van der Waals surface area contributed by atoms with Crippen molar-refractivity contribution in [2.45, 2.75) is 51.0 Å². The van der Waals surface area contributed by atoms with Crippen LogP contribution < -0.4 is 5.32 Å². The predicted octanol–water partition coefficient (Wildman–Crippen LogP) is 6.49. The number of nitrogens with one attached hydrogen (secondary N) is 1. The van der Waals surface area contributed by atoms with E-state index in [-0.39, 0.29) is 6.10 Å². The summed E-state index contributed by atoms with van der Waals surface area (Å²) in [6.07, 6.45) is 15.3. The smallest absolute Gasteiger partial charge is 0.0800 e. The molecule has 3 aliphatic rings. The van der Waals surface area contributed by atoms with Crippen LogP contribution in [-0.2, 0) is 4.74 Å². The number of allylic oxidation sites excluding steroid dienone is 3. The van der Waals surface area contributed by atoms with E-state index in [1.807, 2.05) is 18.2 Å². The van der Waals surface area contributed by atoms with E-state index in [1.165, 1.54) is 47.1 Å². The first-order valence-electron chi connectivity index (χ1n) is 11.0. The second kappa shape index (κ2) is 9.93. The highest BCUT2D eigenvalue weighted by molar-refractivity contribution is 6.30. The molecule has 0 radical (unpaired) electrons. The minimum atomic E-state index is 0.199. The van der Waals surface area contributed by atoms with Gasteiger partial charge in [-0.15, -0.1) is 6.58 Å². The highest BCUT2D eigenvalue weighted by atomic mass is 35.5. The van der Waals surface area contributed by atoms with Gasteiger partial charge in [-0.1, -0.05) is 42.0 Å². The quantitative estimate of drug-likeness (QED) is 0.470. The molecule has 1 atom stereocenters. The molecule has 0 spiro atoms. The maximum Gasteiger partial charge on any atom is 0.0800 e. The first-order chi connectivity index (χ1) is 14.2. The number of ether oxygens (including phenoxy) is 1. The van der Waals surface area contributed by atoms with E-state index >= 15 is 0 Å². The van der Waals surface area contributed by atoms with Gasteiger partial charge in [0, 0.05) is 11.6 Å². The summed E-state index contributed by atoms with van der Waals surface area (Å²) in [5, 5.41) is 4.28. The third-order valence-corrected chi connectivity index (χ3v) is 6.47. The van der Waals surface area contributed by atoms with Gasteiger partial charge < -0.3 is 10.1 Å². The van der Waals surface area contributed by atoms with Crippen LogP contribution in [0, 0.1) is 5.92 Å². The third-order valence-electron chi connectivity index (χ3n) is 6.22. The zero-order chi connectivity index (χ0) is 20.1. The van der Waals surface area contributed by atoms with Crippen molar-refractivity contribution in [3.05, 3.63) is 76.4 Å². The molecule has 0 saturated heterocycles. The summed E-state index contributed by atoms with van der Waals surface area (Å²) < 4.78 is 6.43. The summed E-state index contributed by atoms with van der Waals surface area (Å²) in [5.41, 5.74) is 7.10. The average Bonchev–Trinajstić information content (AvgIpc) is 3.56. The molecule has 0 aromatic heterocycles. The maximum absolute atomic E-state index is 6.43. The molecule has 1 fully saturated rings. The highest BCUT2D eigenvalue weighted by Crippen LogP contribution is 2.39. The van der Waals surface area contributed by atoms with Crippen LogP contribution in [0.4, 0.5) is 0 Å². The Bertz CT molecular complexity index is 814. The van der Waals surface area contributed by atoms with Gasteiger partial charge in [-0.05, 0) is 97.4 Å². The molecule has 1 heterocycles. The summed E-state index contributed by atoms with van der Waals surface area (Å²) in [5.74, 6) is 0.899. The minimum Gasteiger partial charge on any atom is -0.369 e. The van der Waals surface area contributed by atoms with Crippen LogP contribution in [-0.4, -0.2) is 25.8 Å². The molecule has 2 aliphatic carbocycles. The zero-order valence-corrected chi connectivity index (χ0v) is 18.0. The van der Waals surface area contributed by atoms with E-state index in [0.717, 1.165) is 49.7 Å². The number of halogens is 1. The Labute approximate surface area is 180 Å². The first kappa shape index (κ1) is 20.7. The second-order valence-electron chi connectivity index (χ2n) is 8.50. The fourth-order valence-electron chi connectivity index (χ4n) is 4.31. The maximum atomic E-state index is 6.43. The SMILES string of the molecule is C=CCCC1=CCC(OCC2=C(c3ccc(Cl)cc3)CNCC2)C=C1CC1CC1. The standard InChI is InChI=1S/C26H32ClNO/c1-2-3-4-20-9-12-25(16-23(20)15-19-5-6-19)29-18-22-13-14-28-17-26(22)21-7-10-24(27)11-8-21/h2,7-11,16,19,25,28H,1,3-6,12-15,17-18H2. The topological polar surface area (TPSA) is 21.3 Å². The predicted molar refractivity (Wildman–Crippen MR) is 123 cm³/mol. The van der Waals surface area contributed by atoms with Crippen LogP contribution in [0.5, 0.6) is 0 Å². The molecule has 4 rings (SSSR count). The van der Waals surface area contributed by atoms with Crippen molar-refractivity contribution in [1.29, 1.82) is 0 Å². The molecule has 29 heavy (non-hydrogen) atoms. The van der Waals surface area contributed by atoms with Crippen LogP contribution in [0.25, 0.3) is 5.57 Å². The van der Waals surface area contributed by atoms with Crippen molar-refractivity contribution in [3.63, 3.8) is 0 Å². The zero-order valence-electron chi connectivity index (χ0n) is 17.3. The highest BCUT2D eigenvalue weighted by Gasteiger charge is 2.26. The molecular formula is C26H32ClNO. The molecule has 1 N–H and O–H groups in total. The van der Waals surface area contributed by atoms with Gasteiger partial charge in [0.15, 0.2) is 0 Å². The molecule has 1 unspecified atom stereocenters. The Hall–Kier alpha value is -1.61. The van der Waals surface area contributed by atoms with Gasteiger partial charge in [0.2, 0.25) is 0 Å². The van der Waals surface area contributed by atoms with Crippen molar-refractivity contribution in [2.24, 2.45) is 5.92 Å². The summed E-state index contributed by atoms with van der Waals surface area (Å²) in [6.45, 7) is 6.53. The van der Waals surface area contributed by atoms with Crippen LogP contribution in [0.2, 0.25) is 5.02 Å². The van der Waals surface area contributed by atoms with E-state index in [2.05, 4.69) is 36.2 Å². The van der Waals surface area contributed by atoms with Crippen LogP contribution in [0.15, 0.2) is 65.8 Å². The largest absolute Gasteiger partial charge is 0.369 e. The fourth-order valence-corrected chi connectivity index (χ4v) is 4.44. The van der Waals surface area contributed by atoms with Gasteiger partial charge >= 0.3 is 0 Å². The summed E-state index contributed by atoms with van der Waals surface area (Å²) in [6, 6.07) is 8.18. The fraction of sp³-hybridized carbons (Fsp3) is 0.462. The van der Waals surface area contributed by atoms with Crippen LogP contribution in [0.1, 0.15) is 50.5 Å². The van der Waals surface area contributed by atoms with Gasteiger partial charge in [-0.3, -0.25) is 0 Å². The summed E-state index contributed by atoms with van der Waals surface area (Å²) >= 11 is 6.07. The molecule has 3 heteroatoms. The van der Waals surface area contributed by atoms with Gasteiger partial charge in [-0.2, -0.15) is 0 Å². The summed E-state index contributed by atoms with van der Waals surface area (Å²) in [7, 11) is 0. The van der Waals surface area contributed by atoms with E-state index < -0.39 is 0 Å². The Morgan fingerprint density at radius 2 is 2.00 bits per heavy atom. The lowest BCUT2D eigenvalue weighted by Crippen LogP contribution is -2.27. The van der Waals surface area contributed by atoms with E-state index in [9.17, 15) is 0 Å². The first-order valence-corrected chi connectivity index (χ1v) is 11.4. The second-order valence-corrected chi connectivity index (χ2v) is 8.93. The van der Waals surface area contributed by atoms with Crippen LogP contribution >= 0.6 is 11.6 Å². The lowest BCUT2D eigenvalue weighted by Gasteiger charge is -2.26. The molecule has 1 saturated carbocycles. The molecule has 1 aliphatic heterocycles. The minimum absolute atomic E-state index is 0.199. The molecule has 0 bridgehead atoms. The molecule has 154 valence electrons. The monoisotopic (exact) mass is 409 g/mol. The van der Waals surface area contributed by atoms with Gasteiger partial charge in [-0.25, -0.2) is 0 Å². The number of benzene rings is 1. The average molecular weight is 410 g/mol. The Balaban J connectivity index is 1.44.